The molecule has 8 atom stereocenters. The maximum Gasteiger partial charge on any atom is 0.264 e. The minimum absolute atomic E-state index is 0.00138. The second kappa shape index (κ2) is 23.3. The lowest BCUT2D eigenvalue weighted by molar-refractivity contribution is -0.136. The summed E-state index contributed by atoms with van der Waals surface area (Å²) in [5, 5.41) is 20.9. The van der Waals surface area contributed by atoms with E-state index in [-0.39, 0.29) is 96.9 Å². The molecule has 0 radical (unpaired) electrons. The fourth-order valence-electron chi connectivity index (χ4n) is 9.59. The fourth-order valence-corrected chi connectivity index (χ4v) is 12.0. The van der Waals surface area contributed by atoms with Crippen LogP contribution in [0.25, 0.3) is 0 Å². The molecule has 23 heteroatoms. The Balaban J connectivity index is 0.748. The van der Waals surface area contributed by atoms with Crippen molar-refractivity contribution in [3.63, 3.8) is 0 Å². The van der Waals surface area contributed by atoms with Crippen LogP contribution in [0.5, 0.6) is 0 Å². The van der Waals surface area contributed by atoms with Crippen LogP contribution < -0.4 is 37.2 Å². The Bertz CT molecular complexity index is 2380. The summed E-state index contributed by atoms with van der Waals surface area (Å²) >= 11 is 1.58. The van der Waals surface area contributed by atoms with Gasteiger partial charge in [0.15, 0.2) is 0 Å². The molecule has 5 heterocycles. The van der Waals surface area contributed by atoms with Crippen molar-refractivity contribution in [2.45, 2.75) is 75.2 Å². The van der Waals surface area contributed by atoms with Gasteiger partial charge in [-0.25, -0.2) is 8.42 Å². The van der Waals surface area contributed by atoms with Crippen LogP contribution in [0.4, 0.5) is 5.69 Å². The molecule has 21 nitrogen and oxygen atoms in total. The van der Waals surface area contributed by atoms with Crippen LogP contribution in [-0.2, 0) is 43.5 Å². The van der Waals surface area contributed by atoms with E-state index in [0.717, 1.165) is 41.9 Å². The summed E-state index contributed by atoms with van der Waals surface area (Å²) in [4.78, 5) is 91.9. The van der Waals surface area contributed by atoms with Gasteiger partial charge in [-0.05, 0) is 74.9 Å². The smallest absolute Gasteiger partial charge is 0.264 e. The van der Waals surface area contributed by atoms with Crippen molar-refractivity contribution in [2.75, 3.05) is 90.1 Å². The molecule has 0 aliphatic carbocycles. The summed E-state index contributed by atoms with van der Waals surface area (Å²) in [6.45, 7) is 6.44. The van der Waals surface area contributed by atoms with Crippen molar-refractivity contribution >= 4 is 68.8 Å². The zero-order valence-electron chi connectivity index (χ0n) is 39.4. The molecular weight excluding hydrogens is 933 g/mol. The molecule has 0 bridgehead atoms. The lowest BCUT2D eigenvalue weighted by Gasteiger charge is -2.36. The second-order valence-corrected chi connectivity index (χ2v) is 21.3. The predicted molar refractivity (Wildman–Crippen MR) is 256 cm³/mol. The molecular formula is C46H64N10O11S2. The number of hydrogen-bond acceptors (Lipinski definition) is 16. The lowest BCUT2D eigenvalue weighted by Crippen LogP contribution is -2.54. The number of fused-ring (bicyclic) bond motifs is 1. The van der Waals surface area contributed by atoms with E-state index in [2.05, 4.69) is 61.5 Å². The van der Waals surface area contributed by atoms with E-state index in [9.17, 15) is 42.0 Å². The van der Waals surface area contributed by atoms with Crippen molar-refractivity contribution in [3.05, 3.63) is 64.7 Å². The van der Waals surface area contributed by atoms with Gasteiger partial charge in [-0.3, -0.25) is 54.0 Å². The van der Waals surface area contributed by atoms with E-state index in [4.69, 9.17) is 9.47 Å². The summed E-state index contributed by atoms with van der Waals surface area (Å²) in [6.07, 6.45) is 3.04. The van der Waals surface area contributed by atoms with Gasteiger partial charge >= 0.3 is 0 Å². The highest BCUT2D eigenvalue weighted by atomic mass is 32.2. The number of carbonyl (C=O) groups excluding carboxylic acids is 7. The van der Waals surface area contributed by atoms with E-state index in [1.165, 1.54) is 15.9 Å². The summed E-state index contributed by atoms with van der Waals surface area (Å²) in [7, 11) is -1.51. The highest BCUT2D eigenvalue weighted by Gasteiger charge is 2.46. The molecule has 7 amide bonds. The lowest BCUT2D eigenvalue weighted by atomic mass is 9.87. The highest BCUT2D eigenvalue weighted by Crippen LogP contribution is 2.35. The zero-order valence-corrected chi connectivity index (χ0v) is 41.0. The van der Waals surface area contributed by atoms with Crippen LogP contribution in [0.3, 0.4) is 0 Å². The van der Waals surface area contributed by atoms with Gasteiger partial charge in [0.2, 0.25) is 39.6 Å². The number of benzene rings is 2. The number of imide groups is 2. The first-order valence-electron chi connectivity index (χ1n) is 23.5. The van der Waals surface area contributed by atoms with Gasteiger partial charge in [0.1, 0.15) is 11.5 Å². The van der Waals surface area contributed by atoms with Gasteiger partial charge in [0.25, 0.3) is 11.8 Å². The number of hydrogen-bond donors (Lipinski definition) is 7. The molecule has 2 aromatic rings. The predicted octanol–water partition coefficient (Wildman–Crippen LogP) is -0.116. The molecule has 2 aromatic carbocycles. The number of anilines is 1. The molecule has 8 unspecified atom stereocenters. The first-order valence-corrected chi connectivity index (χ1v) is 26.4. The monoisotopic (exact) mass is 996 g/mol. The molecule has 0 aromatic heterocycles. The average Bonchev–Trinajstić information content (AvgIpc) is 3.99. The molecule has 5 aliphatic heterocycles. The Kier molecular flexibility index (Phi) is 17.5. The van der Waals surface area contributed by atoms with Gasteiger partial charge in [-0.15, -0.1) is 11.8 Å². The summed E-state index contributed by atoms with van der Waals surface area (Å²) in [5.41, 5.74) is 2.83. The van der Waals surface area contributed by atoms with Crippen molar-refractivity contribution in [1.82, 2.24) is 46.0 Å². The largest absolute Gasteiger partial charge is 0.382 e. The third-order valence-electron chi connectivity index (χ3n) is 13.5. The number of carbonyl (C=O) groups is 7. The van der Waals surface area contributed by atoms with E-state index in [1.54, 1.807) is 30.8 Å². The van der Waals surface area contributed by atoms with Crippen LogP contribution in [0.15, 0.2) is 42.5 Å². The van der Waals surface area contributed by atoms with Crippen LogP contribution >= 0.6 is 11.8 Å². The number of amides is 7. The van der Waals surface area contributed by atoms with Crippen LogP contribution in [-0.4, -0.2) is 172 Å². The molecule has 69 heavy (non-hydrogen) atoms. The first kappa shape index (κ1) is 51.8. The first-order chi connectivity index (χ1) is 33.0. The van der Waals surface area contributed by atoms with Gasteiger partial charge in [-0.1, -0.05) is 37.3 Å². The topological polar surface area (TPSA) is 266 Å². The van der Waals surface area contributed by atoms with E-state index >= 15 is 0 Å². The van der Waals surface area contributed by atoms with Crippen molar-refractivity contribution in [1.29, 1.82) is 0 Å². The number of ether oxygens (including phenoxy) is 2. The maximum absolute atomic E-state index is 13.3. The quantitative estimate of drug-likeness (QED) is 0.0635. The maximum atomic E-state index is 13.3. The molecule has 7 N–H and O–H groups in total. The van der Waals surface area contributed by atoms with Gasteiger partial charge < -0.3 is 36.1 Å². The zero-order chi connectivity index (χ0) is 49.4. The third-order valence-corrected chi connectivity index (χ3v) is 16.0. The second-order valence-electron chi connectivity index (χ2n) is 18.2. The molecule has 376 valence electrons. The van der Waals surface area contributed by atoms with Crippen LogP contribution in [0.1, 0.15) is 83.3 Å². The minimum Gasteiger partial charge on any atom is -0.382 e. The molecule has 5 aliphatic rings. The van der Waals surface area contributed by atoms with E-state index < -0.39 is 45.6 Å². The minimum atomic E-state index is -3.44. The molecule has 7 rings (SSSR count). The average molecular weight is 997 g/mol. The number of nitrogens with zero attached hydrogens (tertiary/aromatic N) is 3. The summed E-state index contributed by atoms with van der Waals surface area (Å²) < 4.78 is 36.9. The Morgan fingerprint density at radius 1 is 0.913 bits per heavy atom. The number of likely N-dealkylation sites (N-methyl/N-ethyl adjacent to an activating group) is 1. The molecule has 4 fully saturated rings. The number of piperidine rings is 2. The summed E-state index contributed by atoms with van der Waals surface area (Å²) in [6, 6.07) is 12.0. The van der Waals surface area contributed by atoms with E-state index in [1.807, 2.05) is 18.9 Å². The standard InChI is InChI=1S/C46H64N10O11S2/c1-27-28(2)55(69(4,64)65)24-33(27)42(60)50-23-39(58)53-46-51-35(26-68-46)31-8-5-7-29(21-31)30-13-14-48-37(22-30)54(3)25-40(59)49-16-18-67-20-19-66-17-15-47-34-10-6-9-32-41(34)45(63)56(44(32)62)36-11-12-38(57)52-43(36)61/h5-10,21,27-28,30,33,35-37,46-48,51H,11-20,22-26H2,1-4H3,(H,49,59)(H,50,60)(H,53,58)(H,52,57,61). The molecule has 0 spiro atoms. The van der Waals surface area contributed by atoms with Gasteiger partial charge in [0, 0.05) is 49.6 Å². The van der Waals surface area contributed by atoms with Gasteiger partial charge in [0.05, 0.1) is 69.0 Å². The van der Waals surface area contributed by atoms with Crippen LogP contribution in [0, 0.1) is 11.8 Å². The number of rotatable bonds is 21. The number of thioether (sulfide) groups is 1. The SMILES string of the molecule is CC1C(C(=O)NCC(=O)NC2NC(c3cccc(C4CCNC(N(C)CC(=O)NCCOCCOCCNc5cccc6c5C(=O)N(C5CCC(=O)NC5=O)C6=O)C4)c3)CS2)CN(S(C)(=O)=O)C1C. The van der Waals surface area contributed by atoms with Crippen molar-refractivity contribution in [3.8, 4) is 0 Å². The van der Waals surface area contributed by atoms with Crippen molar-refractivity contribution < 1.29 is 51.5 Å². The Hall–Kier alpha value is -5.01. The Labute approximate surface area is 406 Å². The summed E-state index contributed by atoms with van der Waals surface area (Å²) in [5.74, 6) is -2.72. The fraction of sp³-hybridized carbons (Fsp3) is 0.587. The Morgan fingerprint density at radius 3 is 2.39 bits per heavy atom. The molecule has 4 saturated heterocycles. The Morgan fingerprint density at radius 2 is 1.65 bits per heavy atom. The van der Waals surface area contributed by atoms with E-state index in [0.29, 0.717) is 45.2 Å². The molecule has 0 saturated carbocycles. The normalized spacial score (nSPS) is 26.2. The highest BCUT2D eigenvalue weighted by molar-refractivity contribution is 8.00. The number of sulfonamides is 1. The third kappa shape index (κ3) is 12.9. The van der Waals surface area contributed by atoms with Crippen molar-refractivity contribution in [2.24, 2.45) is 11.8 Å². The van der Waals surface area contributed by atoms with Crippen LogP contribution in [0.2, 0.25) is 0 Å². The van der Waals surface area contributed by atoms with Gasteiger partial charge in [-0.2, -0.15) is 4.31 Å². The number of nitrogens with one attached hydrogen (secondary N) is 7.